The predicted octanol–water partition coefficient (Wildman–Crippen LogP) is 5.14. The molecule has 1 saturated heterocycles. The Morgan fingerprint density at radius 3 is 2.41 bits per heavy atom. The molecule has 1 aliphatic rings. The summed E-state index contributed by atoms with van der Waals surface area (Å²) in [5.41, 5.74) is 3.97. The molecular weight excluding hydrogens is 402 g/mol. The van der Waals surface area contributed by atoms with E-state index in [1.807, 2.05) is 30.0 Å². The lowest BCUT2D eigenvalue weighted by molar-refractivity contribution is 0.0694. The fourth-order valence-electron chi connectivity index (χ4n) is 4.12. The van der Waals surface area contributed by atoms with E-state index in [0.29, 0.717) is 6.04 Å². The highest BCUT2D eigenvalue weighted by atomic mass is 79.9. The molecule has 0 aliphatic carbocycles. The molecule has 1 aromatic carbocycles. The Hall–Kier alpha value is -2.27. The zero-order chi connectivity index (χ0) is 19.0. The summed E-state index contributed by atoms with van der Waals surface area (Å²) in [7, 11) is 0. The van der Waals surface area contributed by atoms with Gasteiger partial charge in [-0.05, 0) is 63.1 Å². The second-order valence-corrected chi connectivity index (χ2v) is 8.17. The van der Waals surface area contributed by atoms with Gasteiger partial charge in [-0.25, -0.2) is 0 Å². The summed E-state index contributed by atoms with van der Waals surface area (Å²) in [5.74, 6) is 0.148. The fourth-order valence-corrected chi connectivity index (χ4v) is 4.51. The molecule has 5 heteroatoms. The van der Waals surface area contributed by atoms with Gasteiger partial charge in [-0.1, -0.05) is 22.0 Å². The number of aromatic nitrogens is 2. The Morgan fingerprint density at radius 2 is 1.74 bits per heavy atom. The molecule has 1 amide bonds. The normalized spacial score (nSPS) is 15.3. The third-order valence-electron chi connectivity index (χ3n) is 5.53. The minimum atomic E-state index is 0.148. The maximum absolute atomic E-state index is 13.2. The molecule has 3 heterocycles. The topological polar surface area (TPSA) is 30.2 Å². The molecule has 0 radical (unpaired) electrons. The zero-order valence-electron chi connectivity index (χ0n) is 15.7. The van der Waals surface area contributed by atoms with Crippen molar-refractivity contribution in [1.82, 2.24) is 14.0 Å². The Bertz CT molecular complexity index is 950. The average molecular weight is 426 g/mol. The highest BCUT2D eigenvalue weighted by Gasteiger charge is 2.26. The van der Waals surface area contributed by atoms with Crippen LogP contribution in [0.4, 0.5) is 0 Å². The van der Waals surface area contributed by atoms with Crippen molar-refractivity contribution in [3.63, 3.8) is 0 Å². The molecule has 0 spiro atoms. The Morgan fingerprint density at radius 1 is 1.04 bits per heavy atom. The SMILES string of the molecule is Cc1cc(C(=O)N2CCC(n3cccc3)CC2)c(C)n1-c1cccc(Br)c1. The molecule has 0 saturated carbocycles. The molecule has 1 fully saturated rings. The van der Waals surface area contributed by atoms with Crippen molar-refractivity contribution < 1.29 is 4.79 Å². The van der Waals surface area contributed by atoms with E-state index in [-0.39, 0.29) is 5.91 Å². The number of nitrogens with zero attached hydrogens (tertiary/aromatic N) is 3. The Kier molecular flexibility index (Phi) is 4.96. The van der Waals surface area contributed by atoms with Gasteiger partial charge in [0.25, 0.3) is 5.91 Å². The molecule has 2 aromatic heterocycles. The van der Waals surface area contributed by atoms with Gasteiger partial charge in [0.15, 0.2) is 0 Å². The number of hydrogen-bond acceptors (Lipinski definition) is 1. The van der Waals surface area contributed by atoms with E-state index in [9.17, 15) is 4.79 Å². The van der Waals surface area contributed by atoms with E-state index in [1.54, 1.807) is 0 Å². The number of likely N-dealkylation sites (tertiary alicyclic amines) is 1. The van der Waals surface area contributed by atoms with E-state index in [1.165, 1.54) is 0 Å². The molecule has 0 bridgehead atoms. The van der Waals surface area contributed by atoms with Gasteiger partial charge in [0, 0.05) is 53.1 Å². The number of carbonyl (C=O) groups is 1. The molecule has 3 aromatic rings. The first-order chi connectivity index (χ1) is 13.0. The number of piperidine rings is 1. The standard InChI is InChI=1S/C22H24BrN3O/c1-16-14-21(17(2)26(16)20-7-5-6-18(23)15-20)22(27)25-12-8-19(9-13-25)24-10-3-4-11-24/h3-7,10-11,14-15,19H,8-9,12-13H2,1-2H3. The van der Waals surface area contributed by atoms with Crippen LogP contribution in [0, 0.1) is 13.8 Å². The quantitative estimate of drug-likeness (QED) is 0.571. The van der Waals surface area contributed by atoms with Gasteiger partial charge in [0.2, 0.25) is 0 Å². The van der Waals surface area contributed by atoms with E-state index in [0.717, 1.165) is 53.0 Å². The van der Waals surface area contributed by atoms with Crippen LogP contribution >= 0.6 is 15.9 Å². The van der Waals surface area contributed by atoms with Crippen molar-refractivity contribution in [3.8, 4) is 5.69 Å². The van der Waals surface area contributed by atoms with E-state index >= 15 is 0 Å². The van der Waals surface area contributed by atoms with Crippen molar-refractivity contribution >= 4 is 21.8 Å². The van der Waals surface area contributed by atoms with Crippen LogP contribution in [-0.2, 0) is 0 Å². The molecular formula is C22H24BrN3O. The third-order valence-corrected chi connectivity index (χ3v) is 6.02. The number of benzene rings is 1. The molecule has 0 atom stereocenters. The van der Waals surface area contributed by atoms with E-state index in [2.05, 4.69) is 68.6 Å². The number of aryl methyl sites for hydroxylation is 1. The van der Waals surface area contributed by atoms with Gasteiger partial charge in [-0.3, -0.25) is 4.79 Å². The van der Waals surface area contributed by atoms with Crippen molar-refractivity contribution in [1.29, 1.82) is 0 Å². The van der Waals surface area contributed by atoms with Crippen LogP contribution < -0.4 is 0 Å². The summed E-state index contributed by atoms with van der Waals surface area (Å²) in [6.45, 7) is 5.71. The minimum Gasteiger partial charge on any atom is -0.351 e. The van der Waals surface area contributed by atoms with Gasteiger partial charge in [-0.2, -0.15) is 0 Å². The predicted molar refractivity (Wildman–Crippen MR) is 112 cm³/mol. The molecule has 4 nitrogen and oxygen atoms in total. The van der Waals surface area contributed by atoms with Crippen LogP contribution in [0.1, 0.15) is 40.6 Å². The van der Waals surface area contributed by atoms with Crippen LogP contribution in [0.5, 0.6) is 0 Å². The first-order valence-corrected chi connectivity index (χ1v) is 10.2. The Balaban J connectivity index is 1.54. The highest BCUT2D eigenvalue weighted by Crippen LogP contribution is 2.27. The first kappa shape index (κ1) is 18.1. The lowest BCUT2D eigenvalue weighted by Gasteiger charge is -2.32. The number of rotatable bonds is 3. The van der Waals surface area contributed by atoms with Crippen molar-refractivity contribution in [3.05, 3.63) is 76.3 Å². The number of amides is 1. The largest absolute Gasteiger partial charge is 0.351 e. The maximum Gasteiger partial charge on any atom is 0.255 e. The highest BCUT2D eigenvalue weighted by molar-refractivity contribution is 9.10. The summed E-state index contributed by atoms with van der Waals surface area (Å²) in [6.07, 6.45) is 6.25. The summed E-state index contributed by atoms with van der Waals surface area (Å²) in [4.78, 5) is 15.2. The Labute approximate surface area is 168 Å². The minimum absolute atomic E-state index is 0.148. The summed E-state index contributed by atoms with van der Waals surface area (Å²) >= 11 is 3.54. The molecule has 0 N–H and O–H groups in total. The zero-order valence-corrected chi connectivity index (χ0v) is 17.3. The van der Waals surface area contributed by atoms with E-state index < -0.39 is 0 Å². The lowest BCUT2D eigenvalue weighted by atomic mass is 10.0. The van der Waals surface area contributed by atoms with Crippen LogP contribution in [0.15, 0.2) is 59.3 Å². The smallest absolute Gasteiger partial charge is 0.255 e. The van der Waals surface area contributed by atoms with E-state index in [4.69, 9.17) is 0 Å². The monoisotopic (exact) mass is 425 g/mol. The van der Waals surface area contributed by atoms with Crippen LogP contribution in [0.2, 0.25) is 0 Å². The van der Waals surface area contributed by atoms with Gasteiger partial charge in [0.1, 0.15) is 0 Å². The molecule has 4 rings (SSSR count). The van der Waals surface area contributed by atoms with Crippen molar-refractivity contribution in [2.75, 3.05) is 13.1 Å². The van der Waals surface area contributed by atoms with Gasteiger partial charge < -0.3 is 14.0 Å². The number of hydrogen-bond donors (Lipinski definition) is 0. The second-order valence-electron chi connectivity index (χ2n) is 7.25. The number of halogens is 1. The molecule has 140 valence electrons. The number of carbonyl (C=O) groups excluding carboxylic acids is 1. The van der Waals surface area contributed by atoms with Crippen LogP contribution in [-0.4, -0.2) is 33.0 Å². The van der Waals surface area contributed by atoms with Crippen LogP contribution in [0.3, 0.4) is 0 Å². The molecule has 1 aliphatic heterocycles. The summed E-state index contributed by atoms with van der Waals surface area (Å²) in [6, 6.07) is 14.8. The summed E-state index contributed by atoms with van der Waals surface area (Å²) < 4.78 is 5.46. The van der Waals surface area contributed by atoms with Gasteiger partial charge in [-0.15, -0.1) is 0 Å². The van der Waals surface area contributed by atoms with Crippen molar-refractivity contribution in [2.45, 2.75) is 32.7 Å². The lowest BCUT2D eigenvalue weighted by Crippen LogP contribution is -2.39. The molecule has 0 unspecified atom stereocenters. The second kappa shape index (κ2) is 7.39. The fraction of sp³-hybridized carbons (Fsp3) is 0.318. The third kappa shape index (κ3) is 3.48. The first-order valence-electron chi connectivity index (χ1n) is 9.41. The van der Waals surface area contributed by atoms with Gasteiger partial charge in [0.05, 0.1) is 5.56 Å². The maximum atomic E-state index is 13.2. The summed E-state index contributed by atoms with van der Waals surface area (Å²) in [5, 5.41) is 0. The van der Waals surface area contributed by atoms with Crippen molar-refractivity contribution in [2.24, 2.45) is 0 Å². The van der Waals surface area contributed by atoms with Gasteiger partial charge >= 0.3 is 0 Å². The molecule has 27 heavy (non-hydrogen) atoms. The van der Waals surface area contributed by atoms with Crippen LogP contribution in [0.25, 0.3) is 5.69 Å². The average Bonchev–Trinajstić information content (AvgIpc) is 3.30.